The van der Waals surface area contributed by atoms with Gasteiger partial charge in [0.25, 0.3) is 10.1 Å². The van der Waals surface area contributed by atoms with E-state index in [2.05, 4.69) is 17.1 Å². The molecule has 2 aromatic carbocycles. The lowest BCUT2D eigenvalue weighted by molar-refractivity contribution is 0.104. The molecule has 214 valence electrons. The summed E-state index contributed by atoms with van der Waals surface area (Å²) in [6, 6.07) is 15.9. The minimum Gasteiger partial charge on any atom is -0.493 e. The monoisotopic (exact) mass is 568 g/mol. The second-order valence-electron chi connectivity index (χ2n) is 10.1. The molecule has 9 nitrogen and oxygen atoms in total. The van der Waals surface area contributed by atoms with Crippen molar-refractivity contribution < 1.29 is 32.0 Å². The van der Waals surface area contributed by atoms with Gasteiger partial charge in [0.05, 0.1) is 18.1 Å². The highest BCUT2D eigenvalue weighted by Crippen LogP contribution is 2.36. The van der Waals surface area contributed by atoms with Crippen molar-refractivity contribution in [2.45, 2.75) is 62.6 Å². The van der Waals surface area contributed by atoms with Crippen LogP contribution in [0, 0.1) is 6.92 Å². The van der Waals surface area contributed by atoms with E-state index in [1.807, 2.05) is 25.1 Å². The van der Waals surface area contributed by atoms with E-state index in [4.69, 9.17) is 18.8 Å². The lowest BCUT2D eigenvalue weighted by atomic mass is 9.98. The average molecular weight is 569 g/mol. The molecule has 0 spiro atoms. The fourth-order valence-corrected chi connectivity index (χ4v) is 5.33. The third-order valence-electron chi connectivity index (χ3n) is 7.11. The molecule has 0 bridgehead atoms. The molecule has 1 unspecified atom stereocenters. The van der Waals surface area contributed by atoms with Crippen LogP contribution in [0.5, 0.6) is 11.5 Å². The molecule has 1 saturated carbocycles. The summed E-state index contributed by atoms with van der Waals surface area (Å²) < 4.78 is 46.7. The van der Waals surface area contributed by atoms with Crippen molar-refractivity contribution in [1.29, 1.82) is 0 Å². The van der Waals surface area contributed by atoms with Gasteiger partial charge in [0.1, 0.15) is 6.61 Å². The molecule has 40 heavy (non-hydrogen) atoms. The van der Waals surface area contributed by atoms with Gasteiger partial charge in [-0.05, 0) is 74.9 Å². The van der Waals surface area contributed by atoms with Crippen LogP contribution in [0.1, 0.15) is 54.7 Å². The molecular weight excluding hydrogens is 532 g/mol. The first kappa shape index (κ1) is 29.4. The second-order valence-corrected chi connectivity index (χ2v) is 11.5. The van der Waals surface area contributed by atoms with Crippen LogP contribution in [-0.2, 0) is 21.5 Å². The van der Waals surface area contributed by atoms with Crippen LogP contribution >= 0.6 is 0 Å². The molecule has 2 fully saturated rings. The van der Waals surface area contributed by atoms with Gasteiger partial charge in [-0.15, -0.1) is 0 Å². The Morgan fingerprint density at radius 1 is 1.05 bits per heavy atom. The van der Waals surface area contributed by atoms with Gasteiger partial charge >= 0.3 is 6.09 Å². The van der Waals surface area contributed by atoms with Gasteiger partial charge in [-0.3, -0.25) is 9.54 Å². The number of hydrogen-bond acceptors (Lipinski definition) is 7. The summed E-state index contributed by atoms with van der Waals surface area (Å²) >= 11 is 0. The maximum Gasteiger partial charge on any atom is 0.410 e. The third-order valence-corrected chi connectivity index (χ3v) is 7.97. The number of aromatic nitrogens is 1. The number of pyridine rings is 1. The number of hydrogen-bond donors (Lipinski definition) is 1. The lowest BCUT2D eigenvalue weighted by Crippen LogP contribution is -2.29. The molecule has 5 rings (SSSR count). The first-order valence-corrected chi connectivity index (χ1v) is 14.9. The van der Waals surface area contributed by atoms with Gasteiger partial charge < -0.3 is 19.1 Å². The van der Waals surface area contributed by atoms with Crippen LogP contribution < -0.4 is 9.47 Å². The highest BCUT2D eigenvalue weighted by Gasteiger charge is 2.29. The SMILES string of the molecule is COc1ccc(C2CCN(C(=O)OCc3cccnc3)C2)cc1OC1CCCC1.Cc1ccc(S(=O)(=O)O)cc1. The Bertz CT molecular complexity index is 1360. The molecule has 0 radical (unpaired) electrons. The van der Waals surface area contributed by atoms with Gasteiger partial charge in [-0.1, -0.05) is 29.8 Å². The second kappa shape index (κ2) is 13.6. The highest BCUT2D eigenvalue weighted by atomic mass is 32.2. The van der Waals surface area contributed by atoms with Gasteiger partial charge in [0, 0.05) is 37.0 Å². The highest BCUT2D eigenvalue weighted by molar-refractivity contribution is 7.85. The van der Waals surface area contributed by atoms with Gasteiger partial charge in [0.2, 0.25) is 0 Å². The van der Waals surface area contributed by atoms with E-state index in [0.29, 0.717) is 13.1 Å². The smallest absolute Gasteiger partial charge is 0.410 e. The predicted molar refractivity (Wildman–Crippen MR) is 150 cm³/mol. The van der Waals surface area contributed by atoms with Crippen molar-refractivity contribution in [2.24, 2.45) is 0 Å². The molecule has 1 atom stereocenters. The van der Waals surface area contributed by atoms with E-state index < -0.39 is 10.1 Å². The molecule has 2 aliphatic rings. The number of likely N-dealkylation sites (tertiary alicyclic amines) is 1. The van der Waals surface area contributed by atoms with Gasteiger partial charge in [-0.25, -0.2) is 4.79 Å². The number of carbonyl (C=O) groups is 1. The largest absolute Gasteiger partial charge is 0.493 e. The maximum atomic E-state index is 12.4. The van der Waals surface area contributed by atoms with E-state index in [-0.39, 0.29) is 29.6 Å². The Kier molecular flexibility index (Phi) is 10.0. The van der Waals surface area contributed by atoms with Crippen molar-refractivity contribution >= 4 is 16.2 Å². The Morgan fingerprint density at radius 2 is 1.80 bits per heavy atom. The third kappa shape index (κ3) is 8.19. The summed E-state index contributed by atoms with van der Waals surface area (Å²) in [5.74, 6) is 1.86. The van der Waals surface area contributed by atoms with Crippen LogP contribution in [0.15, 0.2) is 71.9 Å². The lowest BCUT2D eigenvalue weighted by Gasteiger charge is -2.19. The quantitative estimate of drug-likeness (QED) is 0.357. The molecule has 1 saturated heterocycles. The molecule has 1 aliphatic carbocycles. The number of methoxy groups -OCH3 is 1. The van der Waals surface area contributed by atoms with Crippen LogP contribution in [0.2, 0.25) is 0 Å². The molecule has 1 aliphatic heterocycles. The molecule has 1 amide bonds. The summed E-state index contributed by atoms with van der Waals surface area (Å²) in [6.45, 7) is 3.44. The van der Waals surface area contributed by atoms with Crippen molar-refractivity contribution in [3.8, 4) is 11.5 Å². The van der Waals surface area contributed by atoms with Crippen molar-refractivity contribution in [3.05, 3.63) is 83.7 Å². The van der Waals surface area contributed by atoms with Crippen LogP contribution in [0.25, 0.3) is 0 Å². The Balaban J connectivity index is 0.000000283. The predicted octanol–water partition coefficient (Wildman–Crippen LogP) is 5.78. The first-order valence-electron chi connectivity index (χ1n) is 13.4. The van der Waals surface area contributed by atoms with Gasteiger partial charge in [-0.2, -0.15) is 8.42 Å². The van der Waals surface area contributed by atoms with Crippen molar-refractivity contribution in [1.82, 2.24) is 9.88 Å². The fraction of sp³-hybridized carbons (Fsp3) is 0.400. The number of rotatable bonds is 7. The van der Waals surface area contributed by atoms with Crippen LogP contribution in [0.4, 0.5) is 4.79 Å². The number of amides is 1. The molecule has 10 heteroatoms. The Morgan fingerprint density at radius 3 is 2.45 bits per heavy atom. The number of carbonyl (C=O) groups excluding carboxylic acids is 1. The van der Waals surface area contributed by atoms with E-state index in [0.717, 1.165) is 41.9 Å². The number of ether oxygens (including phenoxy) is 3. The van der Waals surface area contributed by atoms with Crippen molar-refractivity contribution in [2.75, 3.05) is 20.2 Å². The number of benzene rings is 2. The van der Waals surface area contributed by atoms with E-state index in [1.165, 1.54) is 30.5 Å². The zero-order valence-corrected chi connectivity index (χ0v) is 23.7. The maximum absolute atomic E-state index is 12.4. The fourth-order valence-electron chi connectivity index (χ4n) is 4.85. The number of aryl methyl sites for hydroxylation is 1. The number of nitrogens with zero attached hydrogens (tertiary/aromatic N) is 2. The molecule has 1 aromatic heterocycles. The Hall–Kier alpha value is -3.63. The molecular formula is C30H36N2O7S. The summed E-state index contributed by atoms with van der Waals surface area (Å²) in [5.41, 5.74) is 3.03. The van der Waals surface area contributed by atoms with Crippen LogP contribution in [-0.4, -0.2) is 55.3 Å². The minimum atomic E-state index is -4.02. The minimum absolute atomic E-state index is 0.0666. The molecule has 3 aromatic rings. The van der Waals surface area contributed by atoms with E-state index in [9.17, 15) is 13.2 Å². The molecule has 1 N–H and O–H groups in total. The summed E-state index contributed by atoms with van der Waals surface area (Å²) in [7, 11) is -2.35. The normalized spacial score (nSPS) is 17.2. The zero-order chi connectivity index (χ0) is 28.5. The van der Waals surface area contributed by atoms with Crippen LogP contribution in [0.3, 0.4) is 0 Å². The van der Waals surface area contributed by atoms with Crippen molar-refractivity contribution in [3.63, 3.8) is 0 Å². The van der Waals surface area contributed by atoms with E-state index >= 15 is 0 Å². The summed E-state index contributed by atoms with van der Waals surface area (Å²) in [5, 5.41) is 0. The summed E-state index contributed by atoms with van der Waals surface area (Å²) in [6.07, 6.45) is 9.00. The van der Waals surface area contributed by atoms with Gasteiger partial charge in [0.15, 0.2) is 11.5 Å². The molecule has 2 heterocycles. The zero-order valence-electron chi connectivity index (χ0n) is 22.9. The van der Waals surface area contributed by atoms with E-state index in [1.54, 1.807) is 36.5 Å². The average Bonchev–Trinajstić information content (AvgIpc) is 3.65. The first-order chi connectivity index (χ1) is 19.2. The summed E-state index contributed by atoms with van der Waals surface area (Å²) in [4.78, 5) is 18.2. The standard InChI is InChI=1S/C23H28N2O4.C7H8O3S/c1-27-21-9-8-18(13-22(21)29-20-6-2-3-7-20)19-10-12-25(15-19)23(26)28-16-17-5-4-11-24-14-17;1-6-2-4-7(5-3-6)11(8,9)10/h4-5,8-9,11,13-14,19-20H,2-3,6-7,10,12,15-16H2,1H3;2-5H,1H3,(H,8,9,10). The topological polar surface area (TPSA) is 115 Å². The Labute approximate surface area is 235 Å².